The van der Waals surface area contributed by atoms with Crippen LogP contribution in [0.15, 0.2) is 35.4 Å². The number of aromatic nitrogens is 3. The molecule has 1 aromatic carbocycles. The Labute approximate surface area is 338 Å². The van der Waals surface area contributed by atoms with Crippen molar-refractivity contribution in [1.29, 1.82) is 0 Å². The fourth-order valence-electron chi connectivity index (χ4n) is 8.60. The van der Waals surface area contributed by atoms with Crippen LogP contribution < -0.4 is 16.4 Å². The number of rotatable bonds is 15. The Hall–Kier alpha value is -4.27. The summed E-state index contributed by atoms with van der Waals surface area (Å²) in [5.74, 6) is -5.44. The molecular formula is C38H54N8O10S2. The standard InChI is InChI=1S/C38H54N8O10S2/c1-4-45(26-12-13-26)58(55,56)28-14-10-25(11-15-28)34(49)41-29(20-24-8-6-5-7-9-24)36(51)44-23-27(46-31(22-40-43-46)37(2,3)52)21-30(44)35(50)42-38(32(47)33(39)48)16-18-57(53,54)19-17-38/h10-11,14-15,22,24,26-27,29-30,52H,4-9,12-13,16-21,23H2,1-3H3,(H2,39,48)(H,41,49)(H,42,50)/t27-,29?,30-/m0/s1. The molecule has 20 heteroatoms. The minimum Gasteiger partial charge on any atom is -0.384 e. The topological polar surface area (TPSA) is 261 Å². The van der Waals surface area contributed by atoms with Crippen LogP contribution in [0.1, 0.15) is 113 Å². The molecule has 4 amide bonds. The van der Waals surface area contributed by atoms with Crippen molar-refractivity contribution in [1.82, 2.24) is 34.8 Å². The summed E-state index contributed by atoms with van der Waals surface area (Å²) in [6, 6.07) is 2.36. The molecule has 2 aliphatic carbocycles. The Morgan fingerprint density at radius 2 is 1.67 bits per heavy atom. The summed E-state index contributed by atoms with van der Waals surface area (Å²) in [6.07, 6.45) is 6.92. The molecule has 4 fully saturated rings. The van der Waals surface area contributed by atoms with Crippen molar-refractivity contribution in [3.05, 3.63) is 41.7 Å². The lowest BCUT2D eigenvalue weighted by Crippen LogP contribution is -2.64. The molecule has 2 aromatic rings. The van der Waals surface area contributed by atoms with Gasteiger partial charge in [-0.3, -0.25) is 24.0 Å². The van der Waals surface area contributed by atoms with Gasteiger partial charge in [0.05, 0.1) is 34.3 Å². The zero-order valence-electron chi connectivity index (χ0n) is 33.1. The van der Waals surface area contributed by atoms with Gasteiger partial charge in [0.1, 0.15) is 23.2 Å². The zero-order chi connectivity index (χ0) is 42.2. The number of nitrogens with zero attached hydrogens (tertiary/aromatic N) is 5. The monoisotopic (exact) mass is 846 g/mol. The molecule has 6 rings (SSSR count). The number of primary amides is 1. The van der Waals surface area contributed by atoms with Crippen molar-refractivity contribution in [3.8, 4) is 0 Å². The number of amides is 4. The van der Waals surface area contributed by atoms with Crippen LogP contribution in [0.3, 0.4) is 0 Å². The number of benzene rings is 1. The molecule has 18 nitrogen and oxygen atoms in total. The summed E-state index contributed by atoms with van der Waals surface area (Å²) in [7, 11) is -7.34. The molecule has 4 aliphatic rings. The van der Waals surface area contributed by atoms with Crippen LogP contribution in [0.25, 0.3) is 0 Å². The van der Waals surface area contributed by atoms with E-state index in [4.69, 9.17) is 5.73 Å². The molecule has 318 valence electrons. The third kappa shape index (κ3) is 9.29. The summed E-state index contributed by atoms with van der Waals surface area (Å²) in [5, 5.41) is 24.5. The average Bonchev–Trinajstić information content (AvgIpc) is 3.68. The summed E-state index contributed by atoms with van der Waals surface area (Å²) >= 11 is 0. The number of nitrogens with one attached hydrogen (secondary N) is 2. The van der Waals surface area contributed by atoms with Crippen LogP contribution in [-0.4, -0.2) is 124 Å². The first kappa shape index (κ1) is 43.3. The SMILES string of the molecule is CCN(C1CC1)S(=O)(=O)c1ccc(C(=O)NC(CC2CCCCC2)C(=O)N2C[C@@H](n3nncc3C(C)(C)O)C[C@H]2C(=O)NC2(C(=O)C(N)=O)CCS(=O)(=O)CC2)cc1. The number of Topliss-reactive ketones (excluding diaryl/α,β-unsaturated/α-hetero) is 1. The van der Waals surface area contributed by atoms with Gasteiger partial charge in [-0.15, -0.1) is 5.10 Å². The third-order valence-corrected chi connectivity index (χ3v) is 15.7. The van der Waals surface area contributed by atoms with E-state index in [1.54, 1.807) is 6.92 Å². The van der Waals surface area contributed by atoms with Gasteiger partial charge in [0.2, 0.25) is 27.6 Å². The highest BCUT2D eigenvalue weighted by molar-refractivity contribution is 7.91. The minimum atomic E-state index is -3.78. The fourth-order valence-corrected chi connectivity index (χ4v) is 11.8. The van der Waals surface area contributed by atoms with Crippen molar-refractivity contribution < 1.29 is 45.9 Å². The maximum atomic E-state index is 14.9. The average molecular weight is 847 g/mol. The van der Waals surface area contributed by atoms with Crippen LogP contribution in [0.5, 0.6) is 0 Å². The number of carbonyl (C=O) groups is 5. The molecule has 0 radical (unpaired) electrons. The molecule has 2 aliphatic heterocycles. The molecule has 1 unspecified atom stereocenters. The Kier molecular flexibility index (Phi) is 12.5. The Bertz CT molecular complexity index is 2110. The first-order valence-electron chi connectivity index (χ1n) is 20.0. The van der Waals surface area contributed by atoms with E-state index in [-0.39, 0.29) is 41.8 Å². The van der Waals surface area contributed by atoms with Gasteiger partial charge in [-0.1, -0.05) is 44.2 Å². The summed E-state index contributed by atoms with van der Waals surface area (Å²) in [5.41, 5.74) is 2.48. The van der Waals surface area contributed by atoms with Gasteiger partial charge in [-0.05, 0) is 76.1 Å². The number of hydrogen-bond donors (Lipinski definition) is 4. The molecule has 1 aromatic heterocycles. The predicted octanol–water partition coefficient (Wildman–Crippen LogP) is 0.708. The normalized spacial score (nSPS) is 22.9. The van der Waals surface area contributed by atoms with Crippen molar-refractivity contribution in [2.45, 2.75) is 132 Å². The van der Waals surface area contributed by atoms with Gasteiger partial charge in [0, 0.05) is 31.1 Å². The van der Waals surface area contributed by atoms with Crippen molar-refractivity contribution >= 4 is 49.3 Å². The second kappa shape index (κ2) is 16.8. The van der Waals surface area contributed by atoms with Crippen molar-refractivity contribution in [2.75, 3.05) is 24.6 Å². The molecule has 2 saturated carbocycles. The second-order valence-electron chi connectivity index (χ2n) is 16.7. The molecular weight excluding hydrogens is 793 g/mol. The lowest BCUT2D eigenvalue weighted by Gasteiger charge is -2.37. The number of aliphatic hydroxyl groups is 1. The molecule has 58 heavy (non-hydrogen) atoms. The fraction of sp³-hybridized carbons (Fsp3) is 0.658. The molecule has 3 atom stereocenters. The van der Waals surface area contributed by atoms with E-state index in [0.717, 1.165) is 44.9 Å². The van der Waals surface area contributed by atoms with Gasteiger partial charge < -0.3 is 26.4 Å². The first-order chi connectivity index (χ1) is 27.3. The van der Waals surface area contributed by atoms with Gasteiger partial charge in [0.25, 0.3) is 11.8 Å². The van der Waals surface area contributed by atoms with E-state index < -0.39 is 103 Å². The van der Waals surface area contributed by atoms with E-state index >= 15 is 0 Å². The van der Waals surface area contributed by atoms with Gasteiger partial charge in [-0.25, -0.2) is 21.5 Å². The quantitative estimate of drug-likeness (QED) is 0.181. The van der Waals surface area contributed by atoms with Crippen LogP contribution >= 0.6 is 0 Å². The van der Waals surface area contributed by atoms with Crippen LogP contribution in [0.4, 0.5) is 0 Å². The van der Waals surface area contributed by atoms with Gasteiger partial charge in [-0.2, -0.15) is 4.31 Å². The summed E-state index contributed by atoms with van der Waals surface area (Å²) in [4.78, 5) is 70.0. The van der Waals surface area contributed by atoms with E-state index in [9.17, 15) is 45.9 Å². The Balaban J connectivity index is 1.31. The van der Waals surface area contributed by atoms with Crippen LogP contribution in [-0.2, 0) is 44.6 Å². The zero-order valence-corrected chi connectivity index (χ0v) is 34.8. The highest BCUT2D eigenvalue weighted by Crippen LogP contribution is 2.35. The number of sulfonamides is 1. The number of likely N-dealkylation sites (tertiary alicyclic amines) is 1. The number of nitrogens with two attached hydrogens (primary N) is 1. The molecule has 0 spiro atoms. The van der Waals surface area contributed by atoms with E-state index in [2.05, 4.69) is 20.9 Å². The maximum Gasteiger partial charge on any atom is 0.287 e. The van der Waals surface area contributed by atoms with Gasteiger partial charge in [0.15, 0.2) is 9.84 Å². The number of hydrogen-bond acceptors (Lipinski definition) is 12. The Morgan fingerprint density at radius 3 is 2.24 bits per heavy atom. The van der Waals surface area contributed by atoms with Crippen molar-refractivity contribution in [3.63, 3.8) is 0 Å². The lowest BCUT2D eigenvalue weighted by molar-refractivity contribution is -0.145. The van der Waals surface area contributed by atoms with Crippen LogP contribution in [0, 0.1) is 5.92 Å². The minimum absolute atomic E-state index is 0.0418. The molecule has 0 bridgehead atoms. The van der Waals surface area contributed by atoms with E-state index in [0.29, 0.717) is 12.2 Å². The predicted molar refractivity (Wildman–Crippen MR) is 209 cm³/mol. The second-order valence-corrected chi connectivity index (χ2v) is 20.9. The molecule has 5 N–H and O–H groups in total. The number of sulfone groups is 1. The summed E-state index contributed by atoms with van der Waals surface area (Å²) < 4.78 is 54.3. The van der Waals surface area contributed by atoms with Crippen molar-refractivity contribution in [2.24, 2.45) is 11.7 Å². The maximum absolute atomic E-state index is 14.9. The summed E-state index contributed by atoms with van der Waals surface area (Å²) in [6.45, 7) is 5.04. The number of ketones is 1. The lowest BCUT2D eigenvalue weighted by atomic mass is 9.84. The molecule has 3 heterocycles. The van der Waals surface area contributed by atoms with E-state index in [1.165, 1.54) is 58.2 Å². The highest BCUT2D eigenvalue weighted by Gasteiger charge is 2.51. The third-order valence-electron chi connectivity index (χ3n) is 12.0. The first-order valence-corrected chi connectivity index (χ1v) is 23.3. The largest absolute Gasteiger partial charge is 0.384 e. The smallest absolute Gasteiger partial charge is 0.287 e. The Morgan fingerprint density at radius 1 is 1.03 bits per heavy atom. The highest BCUT2D eigenvalue weighted by atomic mass is 32.2. The van der Waals surface area contributed by atoms with Gasteiger partial charge >= 0.3 is 0 Å². The van der Waals surface area contributed by atoms with Crippen LogP contribution in [0.2, 0.25) is 0 Å². The number of carbonyl (C=O) groups excluding carboxylic acids is 5. The van der Waals surface area contributed by atoms with E-state index in [1.807, 2.05) is 0 Å². The molecule has 2 saturated heterocycles.